The quantitative estimate of drug-likeness (QED) is 0.124. The molecule has 0 radical (unpaired) electrons. The van der Waals surface area contributed by atoms with Gasteiger partial charge in [0.1, 0.15) is 0 Å². The standard InChI is InChI=1S/C24H46O3/c1-5-8-10-12-14-16-18-22(4)26-20-23(7-3)21-27-24(25)19-17-15-13-11-9-6-2/h23H,4-21H2,1-3H3. The van der Waals surface area contributed by atoms with E-state index in [1.54, 1.807) is 0 Å². The van der Waals surface area contributed by atoms with Gasteiger partial charge in [0.25, 0.3) is 0 Å². The zero-order valence-electron chi connectivity index (χ0n) is 18.5. The van der Waals surface area contributed by atoms with E-state index < -0.39 is 0 Å². The average molecular weight is 383 g/mol. The Labute approximate surface area is 169 Å². The second kappa shape index (κ2) is 19.8. The largest absolute Gasteiger partial charge is 0.498 e. The molecule has 1 unspecified atom stereocenters. The van der Waals surface area contributed by atoms with Crippen molar-refractivity contribution in [2.45, 2.75) is 117 Å². The third-order valence-electron chi connectivity index (χ3n) is 5.12. The minimum absolute atomic E-state index is 0.0603. The molecule has 3 nitrogen and oxygen atoms in total. The molecule has 0 rings (SSSR count). The Bertz CT molecular complexity index is 320. The first-order valence-corrected chi connectivity index (χ1v) is 11.6. The van der Waals surface area contributed by atoms with Gasteiger partial charge in [-0.1, -0.05) is 91.6 Å². The summed E-state index contributed by atoms with van der Waals surface area (Å²) in [6, 6.07) is 0. The van der Waals surface area contributed by atoms with Crippen LogP contribution >= 0.6 is 0 Å². The summed E-state index contributed by atoms with van der Waals surface area (Å²) in [6.45, 7) is 11.7. The molecule has 1 atom stereocenters. The van der Waals surface area contributed by atoms with Crippen LogP contribution in [-0.2, 0) is 14.3 Å². The number of carbonyl (C=O) groups is 1. The molecule has 0 aromatic carbocycles. The van der Waals surface area contributed by atoms with Crippen LogP contribution in [-0.4, -0.2) is 19.2 Å². The average Bonchev–Trinajstić information content (AvgIpc) is 2.67. The predicted octanol–water partition coefficient (Wildman–Crippen LogP) is 7.59. The van der Waals surface area contributed by atoms with Gasteiger partial charge in [0, 0.05) is 18.8 Å². The highest BCUT2D eigenvalue weighted by Crippen LogP contribution is 2.14. The van der Waals surface area contributed by atoms with Crippen molar-refractivity contribution >= 4 is 5.97 Å². The molecule has 0 fully saturated rings. The summed E-state index contributed by atoms with van der Waals surface area (Å²) in [5.74, 6) is 1.08. The first-order valence-electron chi connectivity index (χ1n) is 11.6. The molecule has 0 saturated carbocycles. The van der Waals surface area contributed by atoms with Crippen LogP contribution in [0.5, 0.6) is 0 Å². The second-order valence-corrected chi connectivity index (χ2v) is 7.84. The lowest BCUT2D eigenvalue weighted by Gasteiger charge is -2.17. The smallest absolute Gasteiger partial charge is 0.305 e. The second-order valence-electron chi connectivity index (χ2n) is 7.84. The summed E-state index contributed by atoms with van der Waals surface area (Å²) in [7, 11) is 0. The van der Waals surface area contributed by atoms with E-state index in [4.69, 9.17) is 9.47 Å². The van der Waals surface area contributed by atoms with E-state index in [0.717, 1.165) is 37.9 Å². The van der Waals surface area contributed by atoms with E-state index in [0.29, 0.717) is 19.6 Å². The summed E-state index contributed by atoms with van der Waals surface area (Å²) in [5.41, 5.74) is 0. The first-order chi connectivity index (χ1) is 13.1. The number of carbonyl (C=O) groups excluding carboxylic acids is 1. The van der Waals surface area contributed by atoms with Crippen molar-refractivity contribution in [1.82, 2.24) is 0 Å². The highest BCUT2D eigenvalue weighted by Gasteiger charge is 2.11. The van der Waals surface area contributed by atoms with Gasteiger partial charge in [0.05, 0.1) is 19.0 Å². The molecule has 0 aliphatic carbocycles. The normalized spacial score (nSPS) is 12.0. The molecule has 0 N–H and O–H groups in total. The van der Waals surface area contributed by atoms with E-state index >= 15 is 0 Å². The van der Waals surface area contributed by atoms with Crippen LogP contribution in [0.4, 0.5) is 0 Å². The minimum Gasteiger partial charge on any atom is -0.498 e. The number of allylic oxidation sites excluding steroid dienone is 1. The molecule has 0 heterocycles. The monoisotopic (exact) mass is 382 g/mol. The highest BCUT2D eigenvalue weighted by atomic mass is 16.5. The molecular formula is C24H46O3. The number of ether oxygens (including phenoxy) is 2. The number of hydrogen-bond acceptors (Lipinski definition) is 3. The Kier molecular flexibility index (Phi) is 19.0. The molecule has 0 saturated heterocycles. The van der Waals surface area contributed by atoms with Crippen molar-refractivity contribution in [2.75, 3.05) is 13.2 Å². The Morgan fingerprint density at radius 2 is 1.19 bits per heavy atom. The van der Waals surface area contributed by atoms with Crippen LogP contribution < -0.4 is 0 Å². The number of esters is 1. The minimum atomic E-state index is -0.0603. The fourth-order valence-electron chi connectivity index (χ4n) is 3.03. The molecule has 160 valence electrons. The Morgan fingerprint density at radius 3 is 1.74 bits per heavy atom. The number of hydrogen-bond donors (Lipinski definition) is 0. The molecule has 0 aromatic heterocycles. The van der Waals surface area contributed by atoms with Crippen molar-refractivity contribution in [1.29, 1.82) is 0 Å². The Morgan fingerprint density at radius 1 is 0.704 bits per heavy atom. The third-order valence-corrected chi connectivity index (χ3v) is 5.12. The maximum absolute atomic E-state index is 11.9. The van der Waals surface area contributed by atoms with Crippen molar-refractivity contribution in [3.63, 3.8) is 0 Å². The van der Waals surface area contributed by atoms with Gasteiger partial charge in [0.15, 0.2) is 0 Å². The van der Waals surface area contributed by atoms with Crippen LogP contribution in [0.25, 0.3) is 0 Å². The van der Waals surface area contributed by atoms with Crippen molar-refractivity contribution in [2.24, 2.45) is 5.92 Å². The van der Waals surface area contributed by atoms with Crippen LogP contribution in [0.1, 0.15) is 117 Å². The van der Waals surface area contributed by atoms with Gasteiger partial charge in [0.2, 0.25) is 0 Å². The van der Waals surface area contributed by atoms with Gasteiger partial charge in [-0.3, -0.25) is 4.79 Å². The van der Waals surface area contributed by atoms with Gasteiger partial charge in [-0.25, -0.2) is 0 Å². The van der Waals surface area contributed by atoms with E-state index in [2.05, 4.69) is 27.4 Å². The van der Waals surface area contributed by atoms with Crippen molar-refractivity contribution in [3.05, 3.63) is 12.3 Å². The number of unbranched alkanes of at least 4 members (excludes halogenated alkanes) is 10. The van der Waals surface area contributed by atoms with Gasteiger partial charge in [-0.15, -0.1) is 0 Å². The van der Waals surface area contributed by atoms with Crippen LogP contribution in [0.15, 0.2) is 12.3 Å². The van der Waals surface area contributed by atoms with Crippen molar-refractivity contribution < 1.29 is 14.3 Å². The summed E-state index contributed by atoms with van der Waals surface area (Å²) >= 11 is 0. The lowest BCUT2D eigenvalue weighted by molar-refractivity contribution is -0.145. The fourth-order valence-corrected chi connectivity index (χ4v) is 3.03. The van der Waals surface area contributed by atoms with E-state index in [-0.39, 0.29) is 11.9 Å². The van der Waals surface area contributed by atoms with Crippen LogP contribution in [0.2, 0.25) is 0 Å². The molecular weight excluding hydrogens is 336 g/mol. The van der Waals surface area contributed by atoms with Crippen LogP contribution in [0, 0.1) is 5.92 Å². The highest BCUT2D eigenvalue weighted by molar-refractivity contribution is 5.69. The molecule has 3 heteroatoms. The summed E-state index contributed by atoms with van der Waals surface area (Å²) in [5, 5.41) is 0. The maximum atomic E-state index is 11.9. The Balaban J connectivity index is 3.66. The summed E-state index contributed by atoms with van der Waals surface area (Å²) < 4.78 is 11.2. The first kappa shape index (κ1) is 26.0. The molecule has 0 aliphatic heterocycles. The maximum Gasteiger partial charge on any atom is 0.305 e. The lowest BCUT2D eigenvalue weighted by Crippen LogP contribution is -2.18. The number of rotatable bonds is 20. The van der Waals surface area contributed by atoms with Gasteiger partial charge in [-0.05, 0) is 19.3 Å². The zero-order valence-corrected chi connectivity index (χ0v) is 18.5. The Hall–Kier alpha value is -0.990. The van der Waals surface area contributed by atoms with E-state index in [1.807, 2.05) is 0 Å². The molecule has 0 amide bonds. The van der Waals surface area contributed by atoms with E-state index in [1.165, 1.54) is 57.8 Å². The van der Waals surface area contributed by atoms with Crippen molar-refractivity contribution in [3.8, 4) is 0 Å². The van der Waals surface area contributed by atoms with Crippen LogP contribution in [0.3, 0.4) is 0 Å². The summed E-state index contributed by atoms with van der Waals surface area (Å²) in [6.07, 6.45) is 17.3. The van der Waals surface area contributed by atoms with Gasteiger partial charge in [-0.2, -0.15) is 0 Å². The molecule has 0 bridgehead atoms. The van der Waals surface area contributed by atoms with Gasteiger partial charge >= 0.3 is 5.97 Å². The topological polar surface area (TPSA) is 35.5 Å². The molecule has 0 aromatic rings. The zero-order chi connectivity index (χ0) is 20.2. The third kappa shape index (κ3) is 18.2. The molecule has 27 heavy (non-hydrogen) atoms. The summed E-state index contributed by atoms with van der Waals surface area (Å²) in [4.78, 5) is 11.9. The SMILES string of the molecule is C=C(CCCCCCCC)OCC(CC)COC(=O)CCCCCCCC. The molecule has 0 spiro atoms. The van der Waals surface area contributed by atoms with Gasteiger partial charge < -0.3 is 9.47 Å². The molecule has 0 aliphatic rings. The predicted molar refractivity (Wildman–Crippen MR) is 116 cm³/mol. The lowest BCUT2D eigenvalue weighted by atomic mass is 10.1. The fraction of sp³-hybridized carbons (Fsp3) is 0.875. The van der Waals surface area contributed by atoms with E-state index in [9.17, 15) is 4.79 Å².